The molecule has 23 heavy (non-hydrogen) atoms. The molecule has 0 fully saturated rings. The maximum atomic E-state index is 5.83. The summed E-state index contributed by atoms with van der Waals surface area (Å²) in [6.45, 7) is 0.332. The van der Waals surface area contributed by atoms with Crippen molar-refractivity contribution in [2.75, 3.05) is 6.26 Å². The number of nitrogens with zero attached hydrogens (tertiary/aromatic N) is 4. The van der Waals surface area contributed by atoms with Crippen LogP contribution in [0.15, 0.2) is 57.4 Å². The van der Waals surface area contributed by atoms with E-state index < -0.39 is 0 Å². The third-order valence-corrected chi connectivity index (χ3v) is 3.76. The predicted octanol–water partition coefficient (Wildman–Crippen LogP) is 3.71. The van der Waals surface area contributed by atoms with E-state index in [-0.39, 0.29) is 0 Å². The largest absolute Gasteiger partial charge is 0.486 e. The second-order valence-electron chi connectivity index (χ2n) is 4.45. The molecule has 0 atom stereocenters. The molecule has 6 nitrogen and oxygen atoms in total. The van der Waals surface area contributed by atoms with Crippen molar-refractivity contribution < 1.29 is 9.15 Å². The van der Waals surface area contributed by atoms with E-state index in [2.05, 4.69) is 15.3 Å². The van der Waals surface area contributed by atoms with Gasteiger partial charge in [-0.25, -0.2) is 0 Å². The van der Waals surface area contributed by atoms with Crippen LogP contribution >= 0.6 is 23.4 Å². The van der Waals surface area contributed by atoms with Crippen LogP contribution in [0.2, 0.25) is 5.02 Å². The van der Waals surface area contributed by atoms with Gasteiger partial charge in [0.2, 0.25) is 5.16 Å². The normalized spacial score (nSPS) is 11.2. The van der Waals surface area contributed by atoms with Crippen molar-refractivity contribution in [2.45, 2.75) is 11.8 Å². The average Bonchev–Trinajstić information content (AvgIpc) is 3.21. The minimum Gasteiger partial charge on any atom is -0.486 e. The predicted molar refractivity (Wildman–Crippen MR) is 89.3 cm³/mol. The molecule has 3 rings (SSSR count). The zero-order chi connectivity index (χ0) is 16.1. The van der Waals surface area contributed by atoms with Gasteiger partial charge in [-0.1, -0.05) is 23.4 Å². The second-order valence-corrected chi connectivity index (χ2v) is 5.66. The van der Waals surface area contributed by atoms with Crippen molar-refractivity contribution >= 4 is 29.6 Å². The molecule has 0 aliphatic heterocycles. The summed E-state index contributed by atoms with van der Waals surface area (Å²) in [5.74, 6) is 2.06. The lowest BCUT2D eigenvalue weighted by atomic mass is 10.3. The molecule has 0 bridgehead atoms. The molecule has 3 aromatic rings. The van der Waals surface area contributed by atoms with Gasteiger partial charge in [-0.05, 0) is 42.7 Å². The number of furan rings is 1. The first kappa shape index (κ1) is 15.6. The van der Waals surface area contributed by atoms with Crippen LogP contribution in [-0.2, 0) is 6.61 Å². The van der Waals surface area contributed by atoms with E-state index in [0.29, 0.717) is 28.3 Å². The van der Waals surface area contributed by atoms with Crippen LogP contribution in [0.3, 0.4) is 0 Å². The molecule has 118 valence electrons. The van der Waals surface area contributed by atoms with Crippen molar-refractivity contribution in [3.63, 3.8) is 0 Å². The molecule has 0 aliphatic rings. The van der Waals surface area contributed by atoms with Crippen molar-refractivity contribution in [3.8, 4) is 5.75 Å². The molecule has 0 spiro atoms. The second kappa shape index (κ2) is 7.34. The monoisotopic (exact) mass is 348 g/mol. The lowest BCUT2D eigenvalue weighted by Crippen LogP contribution is -1.93. The molecule has 1 aromatic carbocycles. The molecule has 8 heteroatoms. The molecule has 0 saturated heterocycles. The number of ether oxygens (including phenoxy) is 1. The molecule has 2 heterocycles. The van der Waals surface area contributed by atoms with Gasteiger partial charge in [0.05, 0.1) is 6.21 Å². The first-order valence-electron chi connectivity index (χ1n) is 6.70. The number of hydrogen-bond acceptors (Lipinski definition) is 6. The highest BCUT2D eigenvalue weighted by atomic mass is 35.5. The van der Waals surface area contributed by atoms with Gasteiger partial charge in [-0.3, -0.25) is 0 Å². The summed E-state index contributed by atoms with van der Waals surface area (Å²) < 4.78 is 12.8. The number of aromatic nitrogens is 3. The summed E-state index contributed by atoms with van der Waals surface area (Å²) in [5.41, 5.74) is 0. The first-order valence-corrected chi connectivity index (χ1v) is 8.30. The highest BCUT2D eigenvalue weighted by molar-refractivity contribution is 7.98. The van der Waals surface area contributed by atoms with E-state index in [1.807, 2.05) is 30.5 Å². The van der Waals surface area contributed by atoms with Crippen LogP contribution in [0.5, 0.6) is 5.75 Å². The van der Waals surface area contributed by atoms with Crippen LogP contribution in [0.4, 0.5) is 0 Å². The van der Waals surface area contributed by atoms with Gasteiger partial charge >= 0.3 is 0 Å². The van der Waals surface area contributed by atoms with Crippen molar-refractivity contribution in [1.29, 1.82) is 0 Å². The fourth-order valence-electron chi connectivity index (χ4n) is 1.78. The third-order valence-electron chi connectivity index (χ3n) is 2.87. The SMILES string of the molecule is CSc1nncn1/N=C/c1ccc(COc2ccc(Cl)cc2)o1. The Morgan fingerprint density at radius 1 is 1.30 bits per heavy atom. The third kappa shape index (κ3) is 4.14. The first-order chi connectivity index (χ1) is 11.2. The smallest absolute Gasteiger partial charge is 0.211 e. The maximum Gasteiger partial charge on any atom is 0.211 e. The standard InChI is InChI=1S/C15H13ClN4O2S/c1-23-15-19-17-10-20(15)18-8-13-6-7-14(22-13)9-21-12-4-2-11(16)3-5-12/h2-8,10H,9H2,1H3/b18-8+. The maximum absolute atomic E-state index is 5.83. The molecule has 0 radical (unpaired) electrons. The zero-order valence-corrected chi connectivity index (χ0v) is 13.8. The molecule has 0 saturated carbocycles. The highest BCUT2D eigenvalue weighted by Gasteiger charge is 2.03. The van der Waals surface area contributed by atoms with E-state index in [1.54, 1.807) is 23.0 Å². The fourth-order valence-corrected chi connectivity index (χ4v) is 2.31. The van der Waals surface area contributed by atoms with Gasteiger partial charge in [0.25, 0.3) is 0 Å². The summed E-state index contributed by atoms with van der Waals surface area (Å²) in [6.07, 6.45) is 5.06. The Bertz CT molecular complexity index is 798. The number of rotatable bonds is 6. The molecule has 0 aliphatic carbocycles. The Hall–Kier alpha value is -2.25. The number of thioether (sulfide) groups is 1. The quantitative estimate of drug-likeness (QED) is 0.502. The molecular weight excluding hydrogens is 336 g/mol. The van der Waals surface area contributed by atoms with Crippen molar-refractivity contribution in [3.05, 3.63) is 59.3 Å². The summed E-state index contributed by atoms with van der Waals surface area (Å²) in [6, 6.07) is 10.8. The highest BCUT2D eigenvalue weighted by Crippen LogP contribution is 2.17. The Balaban J connectivity index is 1.60. The van der Waals surface area contributed by atoms with Crippen LogP contribution in [0.1, 0.15) is 11.5 Å². The lowest BCUT2D eigenvalue weighted by Gasteiger charge is -2.03. The van der Waals surface area contributed by atoms with E-state index in [4.69, 9.17) is 20.8 Å². The summed E-state index contributed by atoms with van der Waals surface area (Å²) in [4.78, 5) is 0. The van der Waals surface area contributed by atoms with Crippen molar-refractivity contribution in [2.24, 2.45) is 5.10 Å². The summed E-state index contributed by atoms with van der Waals surface area (Å²) >= 11 is 7.29. The van der Waals surface area contributed by atoms with Gasteiger partial charge in [-0.15, -0.1) is 10.2 Å². The Morgan fingerprint density at radius 3 is 2.91 bits per heavy atom. The van der Waals surface area contributed by atoms with Crippen LogP contribution < -0.4 is 4.74 Å². The molecular formula is C15H13ClN4O2S. The van der Waals surface area contributed by atoms with Gasteiger partial charge in [0.1, 0.15) is 30.2 Å². The number of benzene rings is 1. The van der Waals surface area contributed by atoms with E-state index in [1.165, 1.54) is 18.1 Å². The Morgan fingerprint density at radius 2 is 2.13 bits per heavy atom. The van der Waals surface area contributed by atoms with Gasteiger partial charge in [-0.2, -0.15) is 9.78 Å². The lowest BCUT2D eigenvalue weighted by molar-refractivity contribution is 0.270. The van der Waals surface area contributed by atoms with Gasteiger partial charge in [0.15, 0.2) is 0 Å². The average molecular weight is 349 g/mol. The fraction of sp³-hybridized carbons (Fsp3) is 0.133. The van der Waals surface area contributed by atoms with Crippen LogP contribution in [0, 0.1) is 0 Å². The van der Waals surface area contributed by atoms with Gasteiger partial charge in [0, 0.05) is 5.02 Å². The Kier molecular flexibility index (Phi) is 4.99. The molecule has 2 aromatic heterocycles. The minimum atomic E-state index is 0.332. The van der Waals surface area contributed by atoms with Crippen molar-refractivity contribution in [1.82, 2.24) is 14.9 Å². The zero-order valence-electron chi connectivity index (χ0n) is 12.2. The summed E-state index contributed by atoms with van der Waals surface area (Å²) in [5, 5.41) is 13.3. The van der Waals surface area contributed by atoms with E-state index in [0.717, 1.165) is 5.75 Å². The number of hydrogen-bond donors (Lipinski definition) is 0. The van der Waals surface area contributed by atoms with E-state index >= 15 is 0 Å². The summed E-state index contributed by atoms with van der Waals surface area (Å²) in [7, 11) is 0. The molecule has 0 N–H and O–H groups in total. The Labute approximate surface area is 142 Å². The molecule has 0 unspecified atom stereocenters. The van der Waals surface area contributed by atoms with Crippen LogP contribution in [0.25, 0.3) is 0 Å². The number of halogens is 1. The topological polar surface area (TPSA) is 65.4 Å². The van der Waals surface area contributed by atoms with Gasteiger partial charge < -0.3 is 9.15 Å². The minimum absolute atomic E-state index is 0.332. The van der Waals surface area contributed by atoms with Crippen LogP contribution in [-0.4, -0.2) is 27.3 Å². The van der Waals surface area contributed by atoms with E-state index in [9.17, 15) is 0 Å². The molecule has 0 amide bonds.